The van der Waals surface area contributed by atoms with Crippen molar-refractivity contribution in [1.82, 2.24) is 8.97 Å². The van der Waals surface area contributed by atoms with Crippen LogP contribution in [0.25, 0.3) is 110 Å². The fraction of sp³-hybridized carbons (Fsp3) is 0.0577. The number of fused-ring (bicyclic) bond motifs is 15. The van der Waals surface area contributed by atoms with Crippen molar-refractivity contribution in [2.45, 2.75) is 19.3 Å². The summed E-state index contributed by atoms with van der Waals surface area (Å²) in [7, 11) is 0. The van der Waals surface area contributed by atoms with E-state index < -0.39 is 0 Å². The molecule has 0 unspecified atom stereocenters. The van der Waals surface area contributed by atoms with E-state index in [9.17, 15) is 4.79 Å². The van der Waals surface area contributed by atoms with Gasteiger partial charge in [-0.2, -0.15) is 0 Å². The number of hydrogen-bond acceptors (Lipinski definition) is 2. The molecule has 0 saturated heterocycles. The van der Waals surface area contributed by atoms with Crippen molar-refractivity contribution in [3.63, 3.8) is 0 Å². The van der Waals surface area contributed by atoms with Crippen LogP contribution in [0.2, 0.25) is 0 Å². The molecule has 1 aliphatic rings. The molecule has 262 valence electrons. The number of rotatable bonds is 2. The van der Waals surface area contributed by atoms with E-state index in [1.54, 1.807) is 0 Å². The Bertz CT molecular complexity index is 3760. The smallest absolute Gasteiger partial charge is 0.263 e. The molecule has 0 radical (unpaired) electrons. The first kappa shape index (κ1) is 30.2. The summed E-state index contributed by atoms with van der Waals surface area (Å²) in [5, 5.41) is 9.63. The molecule has 0 N–H and O–H groups in total. The first-order valence-corrected chi connectivity index (χ1v) is 19.3. The number of benzene rings is 8. The van der Waals surface area contributed by atoms with Gasteiger partial charge in [-0.3, -0.25) is 9.20 Å². The predicted octanol–water partition coefficient (Wildman–Crippen LogP) is 13.2. The van der Waals surface area contributed by atoms with Crippen LogP contribution in [0.15, 0.2) is 167 Å². The van der Waals surface area contributed by atoms with Gasteiger partial charge in [0, 0.05) is 54.2 Å². The second-order valence-corrected chi connectivity index (χ2v) is 16.0. The Labute approximate surface area is 320 Å². The van der Waals surface area contributed by atoms with Crippen LogP contribution in [0.5, 0.6) is 0 Å². The number of para-hydroxylation sites is 2. The van der Waals surface area contributed by atoms with Gasteiger partial charge < -0.3 is 8.98 Å². The Kier molecular flexibility index (Phi) is 5.56. The molecular formula is C52H32N2O2. The molecule has 1 aliphatic carbocycles. The van der Waals surface area contributed by atoms with Crippen molar-refractivity contribution in [1.29, 1.82) is 0 Å². The molecule has 4 heterocycles. The second kappa shape index (κ2) is 10.3. The van der Waals surface area contributed by atoms with Gasteiger partial charge in [-0.1, -0.05) is 123 Å². The molecular weight excluding hydrogens is 685 g/mol. The van der Waals surface area contributed by atoms with E-state index in [0.29, 0.717) is 0 Å². The van der Waals surface area contributed by atoms with Crippen LogP contribution < -0.4 is 5.56 Å². The molecule has 4 nitrogen and oxygen atoms in total. The van der Waals surface area contributed by atoms with E-state index in [4.69, 9.17) is 4.42 Å². The lowest BCUT2D eigenvalue weighted by molar-refractivity contribution is 0.663. The third kappa shape index (κ3) is 3.62. The Morgan fingerprint density at radius 1 is 0.482 bits per heavy atom. The minimum atomic E-state index is -0.174. The Morgan fingerprint density at radius 2 is 1.20 bits per heavy atom. The lowest BCUT2D eigenvalue weighted by Crippen LogP contribution is -2.16. The minimum absolute atomic E-state index is 0.0190. The largest absolute Gasteiger partial charge is 0.456 e. The lowest BCUT2D eigenvalue weighted by atomic mass is 9.81. The molecule has 4 aromatic heterocycles. The van der Waals surface area contributed by atoms with Crippen molar-refractivity contribution < 1.29 is 4.42 Å². The molecule has 56 heavy (non-hydrogen) atoms. The van der Waals surface area contributed by atoms with Gasteiger partial charge in [-0.05, 0) is 87.3 Å². The number of aromatic nitrogens is 2. The summed E-state index contributed by atoms with van der Waals surface area (Å²) in [6.45, 7) is 4.74. The van der Waals surface area contributed by atoms with E-state index in [0.717, 1.165) is 76.7 Å². The van der Waals surface area contributed by atoms with Gasteiger partial charge in [0.05, 0.1) is 22.1 Å². The minimum Gasteiger partial charge on any atom is -0.456 e. The topological polar surface area (TPSA) is 39.5 Å². The molecule has 0 spiro atoms. The van der Waals surface area contributed by atoms with Crippen LogP contribution >= 0.6 is 0 Å². The van der Waals surface area contributed by atoms with E-state index in [2.05, 4.69) is 158 Å². The van der Waals surface area contributed by atoms with Gasteiger partial charge in [0.15, 0.2) is 0 Å². The average molecular weight is 717 g/mol. The standard InChI is InChI=1S/C52H32N2O2/c1-52(2)42-18-7-5-12-33(42)35-23-24-38-34-13-6-8-19-43(34)53(50(38)48(35)52)30-22-26-45-41(28-30)47-31(15-10-20-46(47)56-45)29-21-25-44-40(27-29)37-17-9-16-36-32-11-3-4-14-39(32)51(55)54(44)49(36)37/h3-28H,1-2H3. The fourth-order valence-corrected chi connectivity index (χ4v) is 10.5. The van der Waals surface area contributed by atoms with Crippen molar-refractivity contribution in [3.8, 4) is 27.9 Å². The molecule has 0 saturated carbocycles. The highest BCUT2D eigenvalue weighted by molar-refractivity contribution is 6.21. The zero-order valence-corrected chi connectivity index (χ0v) is 30.7. The molecule has 0 atom stereocenters. The summed E-state index contributed by atoms with van der Waals surface area (Å²) in [6, 6.07) is 56.2. The van der Waals surface area contributed by atoms with Crippen molar-refractivity contribution in [2.24, 2.45) is 0 Å². The molecule has 8 aromatic carbocycles. The van der Waals surface area contributed by atoms with Crippen molar-refractivity contribution in [3.05, 3.63) is 179 Å². The van der Waals surface area contributed by atoms with E-state index in [1.807, 2.05) is 22.6 Å². The quantitative estimate of drug-likeness (QED) is 0.167. The predicted molar refractivity (Wildman–Crippen MR) is 232 cm³/mol. The third-order valence-electron chi connectivity index (χ3n) is 12.8. The maximum Gasteiger partial charge on any atom is 0.263 e. The fourth-order valence-electron chi connectivity index (χ4n) is 10.5. The average Bonchev–Trinajstić information content (AvgIpc) is 3.95. The molecule has 0 aliphatic heterocycles. The molecule has 12 aromatic rings. The highest BCUT2D eigenvalue weighted by Gasteiger charge is 2.38. The maximum absolute atomic E-state index is 14.0. The first-order valence-electron chi connectivity index (χ1n) is 19.3. The van der Waals surface area contributed by atoms with Gasteiger partial charge in [0.25, 0.3) is 5.56 Å². The van der Waals surface area contributed by atoms with Crippen LogP contribution in [0.3, 0.4) is 0 Å². The monoisotopic (exact) mass is 716 g/mol. The van der Waals surface area contributed by atoms with Gasteiger partial charge in [0.2, 0.25) is 0 Å². The highest BCUT2D eigenvalue weighted by atomic mass is 16.3. The van der Waals surface area contributed by atoms with Gasteiger partial charge in [-0.25, -0.2) is 0 Å². The maximum atomic E-state index is 14.0. The molecule has 0 fully saturated rings. The second-order valence-electron chi connectivity index (χ2n) is 16.0. The number of hydrogen-bond donors (Lipinski definition) is 0. The van der Waals surface area contributed by atoms with Gasteiger partial charge in [0.1, 0.15) is 11.2 Å². The Balaban J connectivity index is 1.08. The van der Waals surface area contributed by atoms with Crippen LogP contribution in [0.4, 0.5) is 0 Å². The molecule has 4 heteroatoms. The summed E-state index contributed by atoms with van der Waals surface area (Å²) >= 11 is 0. The van der Waals surface area contributed by atoms with E-state index in [-0.39, 0.29) is 11.0 Å². The molecule has 13 rings (SSSR count). The number of pyridine rings is 1. The van der Waals surface area contributed by atoms with Crippen LogP contribution in [-0.4, -0.2) is 8.97 Å². The van der Waals surface area contributed by atoms with Crippen LogP contribution in [-0.2, 0) is 5.41 Å². The summed E-state index contributed by atoms with van der Waals surface area (Å²) in [5.41, 5.74) is 14.5. The number of furan rings is 1. The zero-order chi connectivity index (χ0) is 37.0. The summed E-state index contributed by atoms with van der Waals surface area (Å²) in [4.78, 5) is 14.0. The highest BCUT2D eigenvalue weighted by Crippen LogP contribution is 2.53. The lowest BCUT2D eigenvalue weighted by Gasteiger charge is -2.23. The molecule has 0 bridgehead atoms. The van der Waals surface area contributed by atoms with E-state index in [1.165, 1.54) is 44.1 Å². The van der Waals surface area contributed by atoms with Gasteiger partial charge in [-0.15, -0.1) is 0 Å². The normalized spacial score (nSPS) is 13.8. The summed E-state index contributed by atoms with van der Waals surface area (Å²) < 4.78 is 11.0. The summed E-state index contributed by atoms with van der Waals surface area (Å²) in [5.74, 6) is 0. The zero-order valence-electron chi connectivity index (χ0n) is 30.7. The number of nitrogens with zero attached hydrogens (tertiary/aromatic N) is 2. The summed E-state index contributed by atoms with van der Waals surface area (Å²) in [6.07, 6.45) is 0. The third-order valence-corrected chi connectivity index (χ3v) is 12.8. The van der Waals surface area contributed by atoms with Crippen LogP contribution in [0.1, 0.15) is 25.0 Å². The van der Waals surface area contributed by atoms with Gasteiger partial charge >= 0.3 is 0 Å². The van der Waals surface area contributed by atoms with Crippen molar-refractivity contribution >= 4 is 81.7 Å². The molecule has 0 amide bonds. The SMILES string of the molecule is CC1(C)c2ccccc2-c2ccc3c4ccccc4n(-c4ccc5oc6cccc(-c7ccc8c(c7)c7cccc9c%10ccccc%10c(=O)n8c97)c6c5c4)c3c21. The van der Waals surface area contributed by atoms with Crippen LogP contribution in [0, 0.1) is 0 Å². The Hall–Kier alpha value is -7.17. The Morgan fingerprint density at radius 3 is 2.09 bits per heavy atom. The van der Waals surface area contributed by atoms with Crippen molar-refractivity contribution in [2.75, 3.05) is 0 Å². The van der Waals surface area contributed by atoms with E-state index >= 15 is 0 Å². The first-order chi connectivity index (χ1) is 27.5.